The second-order valence-electron chi connectivity index (χ2n) is 4.93. The fourth-order valence-electron chi connectivity index (χ4n) is 2.06. The van der Waals surface area contributed by atoms with E-state index in [1.807, 2.05) is 35.8 Å². The normalized spacial score (nSPS) is 11.3. The van der Waals surface area contributed by atoms with Gasteiger partial charge in [0.05, 0.1) is 13.7 Å². The molecule has 0 atom stereocenters. The van der Waals surface area contributed by atoms with Crippen LogP contribution in [-0.2, 0) is 6.54 Å². The molecule has 2 N–H and O–H groups in total. The van der Waals surface area contributed by atoms with Gasteiger partial charge in [0.25, 0.3) is 0 Å². The van der Waals surface area contributed by atoms with Crippen molar-refractivity contribution in [1.82, 2.24) is 15.6 Å². The summed E-state index contributed by atoms with van der Waals surface area (Å²) < 4.78 is 6.50. The number of rotatable bonds is 9. The highest BCUT2D eigenvalue weighted by Gasteiger charge is 2.02. The van der Waals surface area contributed by atoms with E-state index in [-0.39, 0.29) is 0 Å². The minimum atomic E-state index is 0.590. The molecule has 0 aliphatic rings. The van der Waals surface area contributed by atoms with Gasteiger partial charge in [-0.2, -0.15) is 0 Å². The lowest BCUT2D eigenvalue weighted by atomic mass is 10.2. The lowest BCUT2D eigenvalue weighted by molar-refractivity contribution is 0.410. The number of hydrogen-bond acceptors (Lipinski definition) is 5. The molecule has 0 aliphatic heterocycles. The van der Waals surface area contributed by atoms with Crippen molar-refractivity contribution in [2.24, 2.45) is 4.99 Å². The number of guanidine groups is 1. The molecule has 0 saturated heterocycles. The van der Waals surface area contributed by atoms with Crippen molar-refractivity contribution in [2.75, 3.05) is 26.0 Å². The molecule has 2 aromatic rings. The van der Waals surface area contributed by atoms with Crippen LogP contribution in [0.3, 0.4) is 0 Å². The number of nitrogens with zero attached hydrogens (tertiary/aromatic N) is 2. The van der Waals surface area contributed by atoms with Crippen LogP contribution in [-0.4, -0.2) is 36.9 Å². The fraction of sp³-hybridized carbons (Fsp3) is 0.412. The molecule has 1 aromatic heterocycles. The summed E-state index contributed by atoms with van der Waals surface area (Å²) in [5.74, 6) is 2.76. The van der Waals surface area contributed by atoms with E-state index in [0.29, 0.717) is 6.54 Å². The lowest BCUT2D eigenvalue weighted by Gasteiger charge is -2.12. The molecule has 0 fully saturated rings. The van der Waals surface area contributed by atoms with Gasteiger partial charge in [0.15, 0.2) is 5.96 Å². The Balaban J connectivity index is 1.77. The quantitative estimate of drug-likeness (QED) is 0.309. The van der Waals surface area contributed by atoms with Crippen LogP contribution >= 0.6 is 23.1 Å². The zero-order valence-corrected chi connectivity index (χ0v) is 15.8. The summed E-state index contributed by atoms with van der Waals surface area (Å²) >= 11 is 3.49. The number of aliphatic imine (C=N–C) groups is 1. The van der Waals surface area contributed by atoms with Crippen molar-refractivity contribution in [2.45, 2.75) is 24.2 Å². The van der Waals surface area contributed by atoms with E-state index < -0.39 is 0 Å². The van der Waals surface area contributed by atoms with E-state index in [1.54, 1.807) is 30.2 Å². The van der Waals surface area contributed by atoms with E-state index in [2.05, 4.69) is 27.5 Å². The molecule has 0 unspecified atom stereocenters. The highest BCUT2D eigenvalue weighted by atomic mass is 32.2. The summed E-state index contributed by atoms with van der Waals surface area (Å²) in [6.45, 7) is 4.38. The maximum Gasteiger partial charge on any atom is 0.191 e. The summed E-state index contributed by atoms with van der Waals surface area (Å²) in [7, 11) is 1.69. The molecule has 130 valence electrons. The van der Waals surface area contributed by atoms with Crippen molar-refractivity contribution in [3.05, 3.63) is 41.4 Å². The standard InChI is InChI=1S/C17H24N4OS2/c1-3-18-16(19-9-6-11-23-17-20-10-12-24-17)21-13-14-7-4-5-8-15(14)22-2/h4-5,7-8,10,12H,3,6,9,11,13H2,1-2H3,(H2,18,19,21). The molecule has 0 bridgehead atoms. The third-order valence-corrected chi connectivity index (χ3v) is 5.25. The van der Waals surface area contributed by atoms with Crippen LogP contribution in [0.2, 0.25) is 0 Å². The third kappa shape index (κ3) is 6.41. The van der Waals surface area contributed by atoms with Gasteiger partial charge >= 0.3 is 0 Å². The number of benzene rings is 1. The summed E-state index contributed by atoms with van der Waals surface area (Å²) in [6.07, 6.45) is 2.91. The average Bonchev–Trinajstić information content (AvgIpc) is 3.13. The molecule has 7 heteroatoms. The van der Waals surface area contributed by atoms with Crippen LogP contribution in [0.15, 0.2) is 45.2 Å². The number of nitrogens with one attached hydrogen (secondary N) is 2. The van der Waals surface area contributed by atoms with Gasteiger partial charge in [-0.15, -0.1) is 11.3 Å². The van der Waals surface area contributed by atoms with Crippen molar-refractivity contribution in [3.63, 3.8) is 0 Å². The van der Waals surface area contributed by atoms with Crippen molar-refractivity contribution < 1.29 is 4.74 Å². The van der Waals surface area contributed by atoms with Crippen LogP contribution in [0.1, 0.15) is 18.9 Å². The van der Waals surface area contributed by atoms with E-state index in [0.717, 1.165) is 46.9 Å². The Morgan fingerprint density at radius 1 is 1.33 bits per heavy atom. The van der Waals surface area contributed by atoms with E-state index >= 15 is 0 Å². The number of methoxy groups -OCH3 is 1. The topological polar surface area (TPSA) is 58.5 Å². The first kappa shape index (κ1) is 18.6. The molecule has 5 nitrogen and oxygen atoms in total. The van der Waals surface area contributed by atoms with Gasteiger partial charge in [0.2, 0.25) is 0 Å². The van der Waals surface area contributed by atoms with Gasteiger partial charge in [-0.25, -0.2) is 9.98 Å². The van der Waals surface area contributed by atoms with E-state index in [4.69, 9.17) is 4.74 Å². The van der Waals surface area contributed by atoms with Gasteiger partial charge < -0.3 is 15.4 Å². The lowest BCUT2D eigenvalue weighted by Crippen LogP contribution is -2.37. The number of aromatic nitrogens is 1. The number of hydrogen-bond donors (Lipinski definition) is 2. The molecular formula is C17H24N4OS2. The Kier molecular flexibility index (Phi) is 8.48. The molecule has 1 heterocycles. The highest BCUT2D eigenvalue weighted by Crippen LogP contribution is 2.20. The zero-order chi connectivity index (χ0) is 17.0. The van der Waals surface area contributed by atoms with E-state index in [9.17, 15) is 0 Å². The summed E-state index contributed by atoms with van der Waals surface area (Å²) in [6, 6.07) is 7.97. The second-order valence-corrected chi connectivity index (χ2v) is 7.17. The SMILES string of the molecule is CCNC(=NCc1ccccc1OC)NCCCSc1nccs1. The first-order chi connectivity index (χ1) is 11.8. The maximum atomic E-state index is 5.37. The average molecular weight is 365 g/mol. The Morgan fingerprint density at radius 2 is 2.21 bits per heavy atom. The minimum absolute atomic E-state index is 0.590. The van der Waals surface area contributed by atoms with Crippen molar-refractivity contribution in [1.29, 1.82) is 0 Å². The fourth-order valence-corrected chi connectivity index (χ4v) is 3.71. The van der Waals surface area contributed by atoms with Gasteiger partial charge in [-0.3, -0.25) is 0 Å². The summed E-state index contributed by atoms with van der Waals surface area (Å²) in [5, 5.41) is 8.66. The number of thioether (sulfide) groups is 1. The van der Waals surface area contributed by atoms with Gasteiger partial charge in [0, 0.05) is 36.0 Å². The van der Waals surface area contributed by atoms with Crippen LogP contribution in [0, 0.1) is 0 Å². The zero-order valence-electron chi connectivity index (χ0n) is 14.1. The molecule has 2 rings (SSSR count). The van der Waals surface area contributed by atoms with Gasteiger partial charge in [-0.05, 0) is 19.4 Å². The van der Waals surface area contributed by atoms with Crippen LogP contribution in [0.4, 0.5) is 0 Å². The van der Waals surface area contributed by atoms with Crippen LogP contribution in [0.5, 0.6) is 5.75 Å². The Labute approximate surface area is 151 Å². The van der Waals surface area contributed by atoms with Crippen LogP contribution in [0.25, 0.3) is 0 Å². The predicted molar refractivity (Wildman–Crippen MR) is 103 cm³/mol. The first-order valence-electron chi connectivity index (χ1n) is 8.00. The molecule has 0 spiro atoms. The maximum absolute atomic E-state index is 5.37. The molecular weight excluding hydrogens is 340 g/mol. The monoisotopic (exact) mass is 364 g/mol. The summed E-state index contributed by atoms with van der Waals surface area (Å²) in [4.78, 5) is 8.91. The van der Waals surface area contributed by atoms with E-state index in [1.165, 1.54) is 0 Å². The van der Waals surface area contributed by atoms with Gasteiger partial charge in [0.1, 0.15) is 10.1 Å². The predicted octanol–water partition coefficient (Wildman–Crippen LogP) is 3.39. The largest absolute Gasteiger partial charge is 0.496 e. The smallest absolute Gasteiger partial charge is 0.191 e. The molecule has 0 amide bonds. The summed E-state index contributed by atoms with van der Waals surface area (Å²) in [5.41, 5.74) is 1.08. The molecule has 0 aliphatic carbocycles. The molecule has 0 radical (unpaired) electrons. The molecule has 0 saturated carbocycles. The van der Waals surface area contributed by atoms with Crippen molar-refractivity contribution in [3.8, 4) is 5.75 Å². The highest BCUT2D eigenvalue weighted by molar-refractivity contribution is 8.00. The number of thiazole rings is 1. The minimum Gasteiger partial charge on any atom is -0.496 e. The Morgan fingerprint density at radius 3 is 2.96 bits per heavy atom. The first-order valence-corrected chi connectivity index (χ1v) is 9.86. The molecule has 1 aromatic carbocycles. The molecule has 24 heavy (non-hydrogen) atoms. The third-order valence-electron chi connectivity index (χ3n) is 3.19. The van der Waals surface area contributed by atoms with Gasteiger partial charge in [-0.1, -0.05) is 30.0 Å². The Bertz CT molecular complexity index is 617. The number of para-hydroxylation sites is 1. The number of ether oxygens (including phenoxy) is 1. The second kappa shape index (κ2) is 10.9. The van der Waals surface area contributed by atoms with Crippen LogP contribution < -0.4 is 15.4 Å². The van der Waals surface area contributed by atoms with Crippen molar-refractivity contribution >= 4 is 29.1 Å². The Hall–Kier alpha value is -1.73.